The van der Waals surface area contributed by atoms with Crippen LogP contribution in [-0.4, -0.2) is 5.75 Å². The highest BCUT2D eigenvalue weighted by Crippen LogP contribution is 2.23. The van der Waals surface area contributed by atoms with E-state index in [-0.39, 0.29) is 10.0 Å². The Bertz CT molecular complexity index is 379. The standard InChI is InChI=1S/C9H5Cl2FS/c10-7-4-6(2-1-3-13)9(11)8(12)5-7/h4-5,13H,3H2. The monoisotopic (exact) mass is 234 g/mol. The van der Waals surface area contributed by atoms with Gasteiger partial charge < -0.3 is 0 Å². The van der Waals surface area contributed by atoms with E-state index in [1.54, 1.807) is 0 Å². The van der Waals surface area contributed by atoms with Gasteiger partial charge in [0.05, 0.1) is 10.8 Å². The van der Waals surface area contributed by atoms with E-state index < -0.39 is 5.82 Å². The molecule has 0 bridgehead atoms. The van der Waals surface area contributed by atoms with Crippen LogP contribution >= 0.6 is 35.8 Å². The van der Waals surface area contributed by atoms with Gasteiger partial charge >= 0.3 is 0 Å². The van der Waals surface area contributed by atoms with E-state index in [1.807, 2.05) is 0 Å². The summed E-state index contributed by atoms with van der Waals surface area (Å²) in [6.07, 6.45) is 0. The van der Waals surface area contributed by atoms with Crippen LogP contribution in [0.15, 0.2) is 12.1 Å². The third-order valence-electron chi connectivity index (χ3n) is 1.30. The van der Waals surface area contributed by atoms with Gasteiger partial charge in [0.1, 0.15) is 5.82 Å². The Hall–Kier alpha value is -0.360. The van der Waals surface area contributed by atoms with Crippen LogP contribution in [0.25, 0.3) is 0 Å². The third kappa shape index (κ3) is 2.80. The fraction of sp³-hybridized carbons (Fsp3) is 0.111. The van der Waals surface area contributed by atoms with Gasteiger partial charge in [0.25, 0.3) is 0 Å². The van der Waals surface area contributed by atoms with E-state index >= 15 is 0 Å². The van der Waals surface area contributed by atoms with Gasteiger partial charge in [-0.05, 0) is 12.1 Å². The lowest BCUT2D eigenvalue weighted by molar-refractivity contribution is 0.628. The molecule has 4 heteroatoms. The van der Waals surface area contributed by atoms with Gasteiger partial charge in [-0.3, -0.25) is 0 Å². The summed E-state index contributed by atoms with van der Waals surface area (Å²) in [6.45, 7) is 0. The lowest BCUT2D eigenvalue weighted by Gasteiger charge is -1.98. The largest absolute Gasteiger partial charge is 0.205 e. The van der Waals surface area contributed by atoms with Gasteiger partial charge in [-0.15, -0.1) is 0 Å². The maximum atomic E-state index is 13.0. The molecule has 1 aromatic carbocycles. The SMILES string of the molecule is Fc1cc(Cl)cc(C#CCS)c1Cl. The second-order valence-corrected chi connectivity index (χ2v) is 3.34. The van der Waals surface area contributed by atoms with Crippen LogP contribution in [0.1, 0.15) is 5.56 Å². The molecule has 68 valence electrons. The smallest absolute Gasteiger partial charge is 0.144 e. The Kier molecular flexibility index (Phi) is 3.92. The average molecular weight is 235 g/mol. The van der Waals surface area contributed by atoms with Crippen LogP contribution in [0.2, 0.25) is 10.0 Å². The number of benzene rings is 1. The molecule has 0 unspecified atom stereocenters. The van der Waals surface area contributed by atoms with Crippen LogP contribution < -0.4 is 0 Å². The Labute approximate surface area is 91.5 Å². The van der Waals surface area contributed by atoms with E-state index in [0.717, 1.165) is 6.07 Å². The summed E-state index contributed by atoms with van der Waals surface area (Å²) in [5.74, 6) is 5.16. The van der Waals surface area contributed by atoms with Crippen molar-refractivity contribution < 1.29 is 4.39 Å². The van der Waals surface area contributed by atoms with E-state index in [1.165, 1.54) is 6.07 Å². The maximum Gasteiger partial charge on any atom is 0.144 e. The summed E-state index contributed by atoms with van der Waals surface area (Å²) in [5, 5.41) is 0.282. The van der Waals surface area contributed by atoms with Crippen molar-refractivity contribution in [1.82, 2.24) is 0 Å². The van der Waals surface area contributed by atoms with Crippen LogP contribution in [-0.2, 0) is 0 Å². The van der Waals surface area contributed by atoms with E-state index in [9.17, 15) is 4.39 Å². The summed E-state index contributed by atoms with van der Waals surface area (Å²) in [5.41, 5.74) is 0.390. The molecule has 1 rings (SSSR count). The van der Waals surface area contributed by atoms with Gasteiger partial charge in [0, 0.05) is 10.6 Å². The van der Waals surface area contributed by atoms with Crippen molar-refractivity contribution in [3.63, 3.8) is 0 Å². The van der Waals surface area contributed by atoms with Gasteiger partial charge in [-0.2, -0.15) is 12.6 Å². The highest BCUT2D eigenvalue weighted by atomic mass is 35.5. The molecule has 0 heterocycles. The first-order valence-electron chi connectivity index (χ1n) is 3.39. The van der Waals surface area contributed by atoms with Crippen LogP contribution in [0.4, 0.5) is 4.39 Å². The summed E-state index contributed by atoms with van der Waals surface area (Å²) in [7, 11) is 0. The molecule has 0 aliphatic rings. The molecule has 0 aliphatic heterocycles. The molecule has 0 saturated carbocycles. The van der Waals surface area contributed by atoms with Gasteiger partial charge in [0.2, 0.25) is 0 Å². The number of thiol groups is 1. The second kappa shape index (κ2) is 4.76. The second-order valence-electron chi connectivity index (χ2n) is 2.21. The summed E-state index contributed by atoms with van der Waals surface area (Å²) in [4.78, 5) is 0. The van der Waals surface area contributed by atoms with Crippen molar-refractivity contribution >= 4 is 35.8 Å². The van der Waals surface area contributed by atoms with Crippen molar-refractivity contribution in [2.75, 3.05) is 5.75 Å². The van der Waals surface area contributed by atoms with Crippen molar-refractivity contribution in [2.24, 2.45) is 0 Å². The molecule has 1 aromatic rings. The molecular weight excluding hydrogens is 230 g/mol. The number of rotatable bonds is 0. The topological polar surface area (TPSA) is 0 Å². The predicted molar refractivity (Wildman–Crippen MR) is 57.2 cm³/mol. The number of hydrogen-bond acceptors (Lipinski definition) is 1. The summed E-state index contributed by atoms with van der Waals surface area (Å²) >= 11 is 15.1. The van der Waals surface area contributed by atoms with E-state index in [0.29, 0.717) is 11.3 Å². The minimum Gasteiger partial charge on any atom is -0.205 e. The van der Waals surface area contributed by atoms with Gasteiger partial charge in [-0.1, -0.05) is 35.0 Å². The Morgan fingerprint density at radius 2 is 2.08 bits per heavy atom. The zero-order valence-electron chi connectivity index (χ0n) is 6.44. The molecule has 0 atom stereocenters. The first kappa shape index (κ1) is 10.7. The minimum atomic E-state index is -0.558. The lowest BCUT2D eigenvalue weighted by Crippen LogP contribution is -1.83. The number of hydrogen-bond donors (Lipinski definition) is 1. The Balaban J connectivity index is 3.20. The molecule has 0 amide bonds. The third-order valence-corrected chi connectivity index (χ3v) is 2.06. The first-order valence-corrected chi connectivity index (χ1v) is 4.78. The fourth-order valence-corrected chi connectivity index (χ4v) is 1.22. The molecule has 0 N–H and O–H groups in total. The first-order chi connectivity index (χ1) is 6.15. The van der Waals surface area contributed by atoms with Crippen molar-refractivity contribution in [3.05, 3.63) is 33.6 Å². The molecule has 0 radical (unpaired) electrons. The quantitative estimate of drug-likeness (QED) is 0.397. The highest BCUT2D eigenvalue weighted by molar-refractivity contribution is 7.80. The predicted octanol–water partition coefficient (Wildman–Crippen LogP) is 3.41. The summed E-state index contributed by atoms with van der Waals surface area (Å²) in [6, 6.07) is 2.67. The zero-order valence-corrected chi connectivity index (χ0v) is 8.85. The van der Waals surface area contributed by atoms with Gasteiger partial charge in [-0.25, -0.2) is 4.39 Å². The molecule has 0 aromatic heterocycles. The number of halogens is 3. The molecule has 0 aliphatic carbocycles. The molecule has 0 fully saturated rings. The molecule has 0 nitrogen and oxygen atoms in total. The van der Waals surface area contributed by atoms with Crippen LogP contribution in [0.5, 0.6) is 0 Å². The zero-order chi connectivity index (χ0) is 9.84. The average Bonchev–Trinajstić information content (AvgIpc) is 2.09. The Morgan fingerprint density at radius 1 is 1.38 bits per heavy atom. The molecule has 13 heavy (non-hydrogen) atoms. The fourth-order valence-electron chi connectivity index (χ4n) is 0.782. The van der Waals surface area contributed by atoms with E-state index in [4.69, 9.17) is 23.2 Å². The molecular formula is C9H5Cl2FS. The van der Waals surface area contributed by atoms with E-state index in [2.05, 4.69) is 24.5 Å². The summed E-state index contributed by atoms with van der Waals surface area (Å²) < 4.78 is 13.0. The minimum absolute atomic E-state index is 0.00122. The van der Waals surface area contributed by atoms with Crippen molar-refractivity contribution in [1.29, 1.82) is 0 Å². The van der Waals surface area contributed by atoms with Crippen molar-refractivity contribution in [2.45, 2.75) is 0 Å². The maximum absolute atomic E-state index is 13.0. The van der Waals surface area contributed by atoms with Crippen LogP contribution in [0.3, 0.4) is 0 Å². The van der Waals surface area contributed by atoms with Gasteiger partial charge in [0.15, 0.2) is 0 Å². The molecule has 0 saturated heterocycles. The highest BCUT2D eigenvalue weighted by Gasteiger charge is 2.05. The van der Waals surface area contributed by atoms with Crippen molar-refractivity contribution in [3.8, 4) is 11.8 Å². The lowest BCUT2D eigenvalue weighted by atomic mass is 10.2. The molecule has 0 spiro atoms. The Morgan fingerprint density at radius 3 is 2.69 bits per heavy atom. The van der Waals surface area contributed by atoms with Crippen LogP contribution in [0, 0.1) is 17.7 Å². The normalized spacial score (nSPS) is 9.23.